The molecule has 8 heteroatoms. The summed E-state index contributed by atoms with van der Waals surface area (Å²) in [6.07, 6.45) is 0.0454. The molecule has 30 heavy (non-hydrogen) atoms. The monoisotopic (exact) mass is 433 g/mol. The van der Waals surface area contributed by atoms with Crippen LogP contribution in [-0.4, -0.2) is 60.9 Å². The number of halogens is 2. The van der Waals surface area contributed by atoms with E-state index in [0.29, 0.717) is 38.3 Å². The number of rotatable bonds is 8. The Labute approximate surface area is 180 Å². The van der Waals surface area contributed by atoms with Crippen molar-refractivity contribution in [3.05, 3.63) is 64.9 Å². The fourth-order valence-corrected chi connectivity index (χ4v) is 3.43. The standard InChI is InChI=1S/C22H25ClFN3O3/c1-26(11-12-30-17-5-3-2-4-6-17)21(28)14-20-22(29)25-9-10-27(20)15-16-7-8-18(23)19(24)13-16/h2-8,13,20H,9-12,14-15H2,1H3,(H,25,29). The lowest BCUT2D eigenvalue weighted by Gasteiger charge is -2.35. The van der Waals surface area contributed by atoms with Crippen molar-refractivity contribution in [2.75, 3.05) is 33.3 Å². The number of ether oxygens (including phenoxy) is 1. The summed E-state index contributed by atoms with van der Waals surface area (Å²) in [5, 5.41) is 2.86. The van der Waals surface area contributed by atoms with Gasteiger partial charge in [0.1, 0.15) is 18.2 Å². The summed E-state index contributed by atoms with van der Waals surface area (Å²) >= 11 is 5.75. The minimum atomic E-state index is -0.609. The van der Waals surface area contributed by atoms with E-state index >= 15 is 0 Å². The summed E-state index contributed by atoms with van der Waals surface area (Å²) in [5.41, 5.74) is 0.702. The highest BCUT2D eigenvalue weighted by molar-refractivity contribution is 6.30. The van der Waals surface area contributed by atoms with Crippen molar-refractivity contribution >= 4 is 23.4 Å². The second kappa shape index (κ2) is 10.4. The number of carbonyl (C=O) groups is 2. The molecule has 2 aromatic rings. The van der Waals surface area contributed by atoms with Crippen molar-refractivity contribution in [2.24, 2.45) is 0 Å². The quantitative estimate of drug-likeness (QED) is 0.695. The Hall–Kier alpha value is -2.64. The van der Waals surface area contributed by atoms with E-state index in [2.05, 4.69) is 5.32 Å². The number of hydrogen-bond donors (Lipinski definition) is 1. The molecule has 3 rings (SSSR count). The smallest absolute Gasteiger partial charge is 0.237 e. The summed E-state index contributed by atoms with van der Waals surface area (Å²) in [4.78, 5) is 28.6. The van der Waals surface area contributed by atoms with Gasteiger partial charge in [0.25, 0.3) is 0 Å². The minimum absolute atomic E-state index is 0.0454. The van der Waals surface area contributed by atoms with E-state index in [-0.39, 0.29) is 23.3 Å². The van der Waals surface area contributed by atoms with Crippen LogP contribution in [0, 0.1) is 5.82 Å². The molecular weight excluding hydrogens is 409 g/mol. The maximum atomic E-state index is 13.8. The highest BCUT2D eigenvalue weighted by atomic mass is 35.5. The van der Waals surface area contributed by atoms with Gasteiger partial charge in [-0.05, 0) is 29.8 Å². The van der Waals surface area contributed by atoms with Crippen LogP contribution >= 0.6 is 11.6 Å². The highest BCUT2D eigenvalue weighted by Gasteiger charge is 2.32. The van der Waals surface area contributed by atoms with Crippen LogP contribution in [-0.2, 0) is 16.1 Å². The van der Waals surface area contributed by atoms with Crippen molar-refractivity contribution in [3.63, 3.8) is 0 Å². The molecule has 0 aromatic heterocycles. The van der Waals surface area contributed by atoms with Gasteiger partial charge in [0.15, 0.2) is 0 Å². The third-order valence-corrected chi connectivity index (χ3v) is 5.35. The van der Waals surface area contributed by atoms with Gasteiger partial charge in [-0.25, -0.2) is 4.39 Å². The average Bonchev–Trinajstić information content (AvgIpc) is 2.74. The Morgan fingerprint density at radius 2 is 2.07 bits per heavy atom. The molecule has 1 heterocycles. The SMILES string of the molecule is CN(CCOc1ccccc1)C(=O)CC1C(=O)NCCN1Cc1ccc(Cl)c(F)c1. The van der Waals surface area contributed by atoms with Crippen molar-refractivity contribution < 1.29 is 18.7 Å². The first kappa shape index (κ1) is 22.1. The van der Waals surface area contributed by atoms with E-state index in [1.165, 1.54) is 12.1 Å². The molecule has 1 fully saturated rings. The van der Waals surface area contributed by atoms with Gasteiger partial charge in [0.2, 0.25) is 11.8 Å². The lowest BCUT2D eigenvalue weighted by Crippen LogP contribution is -2.56. The predicted octanol–water partition coefficient (Wildman–Crippen LogP) is 2.71. The van der Waals surface area contributed by atoms with Gasteiger partial charge in [-0.1, -0.05) is 35.9 Å². The van der Waals surface area contributed by atoms with Gasteiger partial charge in [-0.15, -0.1) is 0 Å². The largest absolute Gasteiger partial charge is 0.492 e. The minimum Gasteiger partial charge on any atom is -0.492 e. The number of benzene rings is 2. The molecule has 1 aliphatic heterocycles. The first-order chi connectivity index (χ1) is 14.4. The van der Waals surface area contributed by atoms with Crippen LogP contribution in [0.5, 0.6) is 5.75 Å². The Morgan fingerprint density at radius 3 is 2.80 bits per heavy atom. The van der Waals surface area contributed by atoms with Crippen molar-refractivity contribution in [2.45, 2.75) is 19.0 Å². The Kier molecular flexibility index (Phi) is 7.65. The molecule has 2 aromatic carbocycles. The molecule has 0 bridgehead atoms. The summed E-state index contributed by atoms with van der Waals surface area (Å²) in [6, 6.07) is 13.4. The molecule has 2 amide bonds. The fourth-order valence-electron chi connectivity index (χ4n) is 3.31. The second-order valence-corrected chi connectivity index (χ2v) is 7.61. The molecule has 1 aliphatic rings. The lowest BCUT2D eigenvalue weighted by atomic mass is 10.1. The van der Waals surface area contributed by atoms with Gasteiger partial charge >= 0.3 is 0 Å². The molecule has 0 spiro atoms. The molecule has 0 aliphatic carbocycles. The number of nitrogens with one attached hydrogen (secondary N) is 1. The van der Waals surface area contributed by atoms with Crippen LogP contribution in [0.4, 0.5) is 4.39 Å². The van der Waals surface area contributed by atoms with Crippen LogP contribution in [0.2, 0.25) is 5.02 Å². The summed E-state index contributed by atoms with van der Waals surface area (Å²) < 4.78 is 19.4. The number of piperazine rings is 1. The van der Waals surface area contributed by atoms with E-state index < -0.39 is 11.9 Å². The summed E-state index contributed by atoms with van der Waals surface area (Å²) in [5.74, 6) is -0.105. The van der Waals surface area contributed by atoms with Crippen molar-refractivity contribution in [1.29, 1.82) is 0 Å². The molecule has 1 saturated heterocycles. The first-order valence-electron chi connectivity index (χ1n) is 9.81. The van der Waals surface area contributed by atoms with Gasteiger partial charge < -0.3 is 15.0 Å². The third kappa shape index (κ3) is 5.93. The van der Waals surface area contributed by atoms with Crippen molar-refractivity contribution in [1.82, 2.24) is 15.1 Å². The van der Waals surface area contributed by atoms with E-state index in [1.54, 1.807) is 18.0 Å². The van der Waals surface area contributed by atoms with Crippen LogP contribution in [0.15, 0.2) is 48.5 Å². The predicted molar refractivity (Wildman–Crippen MR) is 113 cm³/mol. The third-order valence-electron chi connectivity index (χ3n) is 5.04. The molecule has 0 saturated carbocycles. The maximum Gasteiger partial charge on any atom is 0.237 e. The van der Waals surface area contributed by atoms with E-state index in [9.17, 15) is 14.0 Å². The summed E-state index contributed by atoms with van der Waals surface area (Å²) in [6.45, 7) is 2.19. The normalized spacial score (nSPS) is 16.8. The van der Waals surface area contributed by atoms with Crippen LogP contribution < -0.4 is 10.1 Å². The van der Waals surface area contributed by atoms with Gasteiger partial charge in [-0.3, -0.25) is 14.5 Å². The van der Waals surface area contributed by atoms with E-state index in [0.717, 1.165) is 5.75 Å². The molecule has 0 radical (unpaired) electrons. The van der Waals surface area contributed by atoms with Crippen LogP contribution in [0.1, 0.15) is 12.0 Å². The number of para-hydroxylation sites is 1. The highest BCUT2D eigenvalue weighted by Crippen LogP contribution is 2.19. The zero-order chi connectivity index (χ0) is 21.5. The Morgan fingerprint density at radius 1 is 1.30 bits per heavy atom. The zero-order valence-electron chi connectivity index (χ0n) is 16.8. The number of nitrogens with zero attached hydrogens (tertiary/aromatic N) is 2. The molecule has 1 atom stereocenters. The summed E-state index contributed by atoms with van der Waals surface area (Å²) in [7, 11) is 1.69. The first-order valence-corrected chi connectivity index (χ1v) is 10.2. The van der Waals surface area contributed by atoms with Gasteiger partial charge in [-0.2, -0.15) is 0 Å². The average molecular weight is 434 g/mol. The second-order valence-electron chi connectivity index (χ2n) is 7.21. The van der Waals surface area contributed by atoms with Gasteiger partial charge in [0, 0.05) is 26.7 Å². The van der Waals surface area contributed by atoms with E-state index in [4.69, 9.17) is 16.3 Å². The van der Waals surface area contributed by atoms with Crippen molar-refractivity contribution in [3.8, 4) is 5.75 Å². The zero-order valence-corrected chi connectivity index (χ0v) is 17.6. The number of carbonyl (C=O) groups excluding carboxylic acids is 2. The Bertz CT molecular complexity index is 881. The fraction of sp³-hybridized carbons (Fsp3) is 0.364. The maximum absolute atomic E-state index is 13.8. The topological polar surface area (TPSA) is 61.9 Å². The number of hydrogen-bond acceptors (Lipinski definition) is 4. The van der Waals surface area contributed by atoms with Crippen LogP contribution in [0.25, 0.3) is 0 Å². The number of amides is 2. The lowest BCUT2D eigenvalue weighted by molar-refractivity contribution is -0.138. The van der Waals surface area contributed by atoms with E-state index in [1.807, 2.05) is 35.2 Å². The molecule has 1 unspecified atom stereocenters. The Balaban J connectivity index is 1.56. The van der Waals surface area contributed by atoms with Crippen LogP contribution in [0.3, 0.4) is 0 Å². The molecule has 1 N–H and O–H groups in total. The number of likely N-dealkylation sites (N-methyl/N-ethyl adjacent to an activating group) is 1. The molecule has 160 valence electrons. The van der Waals surface area contributed by atoms with Gasteiger partial charge in [0.05, 0.1) is 24.0 Å². The molecular formula is C22H25ClFN3O3. The molecule has 6 nitrogen and oxygen atoms in total.